The van der Waals surface area contributed by atoms with Crippen LogP contribution in [-0.4, -0.2) is 30.9 Å². The Morgan fingerprint density at radius 2 is 0.966 bits per heavy atom. The van der Waals surface area contributed by atoms with E-state index in [4.69, 9.17) is 0 Å². The van der Waals surface area contributed by atoms with Crippen molar-refractivity contribution in [3.05, 3.63) is 125 Å². The molecule has 0 aromatic heterocycles. The summed E-state index contributed by atoms with van der Waals surface area (Å²) in [5.41, 5.74) is -1.26. The van der Waals surface area contributed by atoms with Gasteiger partial charge in [-0.25, -0.2) is 16.8 Å². The van der Waals surface area contributed by atoms with Gasteiger partial charge in [-0.15, -0.1) is 0 Å². The number of nitro benzene ring substituents is 1. The Morgan fingerprint density at radius 3 is 1.53 bits per heavy atom. The van der Waals surface area contributed by atoms with Crippen molar-refractivity contribution in [2.24, 2.45) is 20.5 Å². The number of non-ortho nitro benzene ring substituents is 1. The van der Waals surface area contributed by atoms with Gasteiger partial charge in [-0.1, -0.05) is 108 Å². The maximum absolute atomic E-state index is 12.4. The van der Waals surface area contributed by atoms with E-state index in [-0.39, 0.29) is 194 Å². The van der Waals surface area contributed by atoms with Gasteiger partial charge in [0.1, 0.15) is 20.2 Å². The first-order valence-corrected chi connectivity index (χ1v) is 18.2. The zero-order valence-corrected chi connectivity index (χ0v) is 42.0. The zero-order chi connectivity index (χ0) is 39.7. The molecule has 0 fully saturated rings. The molecule has 0 heterocycles. The molecular weight excluding hydrogens is 912 g/mol. The summed E-state index contributed by atoms with van der Waals surface area (Å²) in [4.78, 5) is 8.62. The number of azo groups is 2. The van der Waals surface area contributed by atoms with E-state index < -0.39 is 63.6 Å². The molecule has 0 saturated carbocycles. The Balaban J connectivity index is 0.000000381. The Labute approximate surface area is 453 Å². The van der Waals surface area contributed by atoms with Crippen LogP contribution in [0.4, 0.5) is 28.4 Å². The van der Waals surface area contributed by atoms with Crippen LogP contribution in [0.5, 0.6) is 23.0 Å². The third-order valence-corrected chi connectivity index (χ3v) is 9.71. The normalized spacial score (nSPS) is 11.2. The van der Waals surface area contributed by atoms with E-state index in [0.29, 0.717) is 5.39 Å². The summed E-state index contributed by atoms with van der Waals surface area (Å²) < 4.78 is 69.0. The molecule has 0 saturated heterocycles. The largest absolute Gasteiger partial charge is 3.00 e. The predicted octanol–water partition coefficient (Wildman–Crippen LogP) is -3.32. The second-order valence-electron chi connectivity index (χ2n) is 11.4. The van der Waals surface area contributed by atoms with Crippen molar-refractivity contribution in [1.29, 1.82) is 0 Å². The molecule has 59 heavy (non-hydrogen) atoms. The number of hydrogen-bond acceptors (Lipinski definition) is 16. The molecular formula is C36H19CrK2N5NaO12S2. The molecule has 281 valence electrons. The minimum Gasteiger partial charge on any atom is -0.871 e. The quantitative estimate of drug-likeness (QED) is 0.0499. The molecule has 0 aliphatic heterocycles. The van der Waals surface area contributed by atoms with E-state index in [1.807, 2.05) is 12.1 Å². The number of nitro groups is 1. The summed E-state index contributed by atoms with van der Waals surface area (Å²) in [7, 11) is -9.75. The molecule has 0 unspecified atom stereocenters. The average Bonchev–Trinajstić information content (AvgIpc) is 3.14. The van der Waals surface area contributed by atoms with Crippen molar-refractivity contribution in [2.75, 3.05) is 0 Å². The molecule has 0 N–H and O–H groups in total. The minimum absolute atomic E-state index is 0. The van der Waals surface area contributed by atoms with Crippen LogP contribution in [0.2, 0.25) is 0 Å². The van der Waals surface area contributed by atoms with Gasteiger partial charge in [0, 0.05) is 28.3 Å². The minimum atomic E-state index is -4.90. The second kappa shape index (κ2) is 22.2. The Hall–Kier alpha value is -2.25. The first kappa shape index (κ1) is 52.9. The predicted molar refractivity (Wildman–Crippen MR) is 187 cm³/mol. The molecule has 7 aromatic carbocycles. The summed E-state index contributed by atoms with van der Waals surface area (Å²) in [6, 6.07) is 26.1. The van der Waals surface area contributed by atoms with Crippen LogP contribution >= 0.6 is 0 Å². The number of fused-ring (bicyclic) bond motifs is 3. The van der Waals surface area contributed by atoms with Crippen LogP contribution in [0, 0.1) is 10.1 Å². The second-order valence-corrected chi connectivity index (χ2v) is 14.1. The summed E-state index contributed by atoms with van der Waals surface area (Å²) in [5, 5.41) is 76.1. The molecule has 17 nitrogen and oxygen atoms in total. The van der Waals surface area contributed by atoms with Crippen LogP contribution in [0.15, 0.2) is 146 Å². The topological polar surface area (TPSA) is 299 Å². The van der Waals surface area contributed by atoms with Gasteiger partial charge < -0.3 is 29.5 Å². The Kier molecular flexibility index (Phi) is 19.9. The molecule has 0 atom stereocenters. The number of benzene rings is 7. The van der Waals surface area contributed by atoms with E-state index in [9.17, 15) is 56.5 Å². The van der Waals surface area contributed by atoms with Crippen molar-refractivity contribution in [3.63, 3.8) is 0 Å². The first-order chi connectivity index (χ1) is 26.0. The van der Waals surface area contributed by atoms with Crippen LogP contribution in [0.3, 0.4) is 0 Å². The Bertz CT molecular complexity index is 3000. The third-order valence-electron chi connectivity index (χ3n) is 7.95. The molecule has 0 spiro atoms. The molecule has 7 aromatic rings. The van der Waals surface area contributed by atoms with E-state index in [2.05, 4.69) is 20.5 Å². The average molecular weight is 931 g/mol. The van der Waals surface area contributed by atoms with E-state index >= 15 is 0 Å². The summed E-state index contributed by atoms with van der Waals surface area (Å²) >= 11 is 0. The molecule has 0 bridgehead atoms. The summed E-state index contributed by atoms with van der Waals surface area (Å²) in [6.45, 7) is 0. The molecule has 23 heteroatoms. The standard InChI is InChI=1S/C20H14N2O5S.C16H11N3O7S.Cr.2K.Na/c23-16-10-9-12-5-1-2-6-13(12)19(16)21-22-20-15-8-4-3-7-14(15)18(11-17(20)24)28(25,26)27;20-14-7-9(19(22)23)5-6-12(14)17-18-13-8-15(27(24,25)26)10-3-1-2-4-11(10)16(13)21;;;;/h1-11,23-24H,(H,25,26,27);1-8,20-21H,(H,24,25,26);;;;/q;;+3;3*+1/p-6. The smallest absolute Gasteiger partial charge is 0.871 e. The van der Waals surface area contributed by atoms with Gasteiger partial charge in [-0.2, -0.15) is 20.5 Å². The molecule has 0 aliphatic rings. The fourth-order valence-electron chi connectivity index (χ4n) is 5.44. The van der Waals surface area contributed by atoms with Crippen molar-refractivity contribution in [2.45, 2.75) is 9.79 Å². The van der Waals surface area contributed by atoms with Crippen molar-refractivity contribution in [3.8, 4) is 23.0 Å². The van der Waals surface area contributed by atoms with Crippen molar-refractivity contribution < 1.29 is 201 Å². The number of nitrogens with zero attached hydrogens (tertiary/aromatic N) is 5. The van der Waals surface area contributed by atoms with Crippen LogP contribution in [-0.2, 0) is 37.6 Å². The van der Waals surface area contributed by atoms with Crippen molar-refractivity contribution >= 4 is 81.0 Å². The summed E-state index contributed by atoms with van der Waals surface area (Å²) in [6.07, 6.45) is 0. The van der Waals surface area contributed by atoms with Gasteiger partial charge in [-0.3, -0.25) is 10.1 Å². The van der Waals surface area contributed by atoms with Crippen LogP contribution in [0.25, 0.3) is 32.3 Å². The van der Waals surface area contributed by atoms with Crippen LogP contribution in [0.1, 0.15) is 0 Å². The molecule has 0 aliphatic carbocycles. The van der Waals surface area contributed by atoms with Gasteiger partial charge in [0.25, 0.3) is 5.69 Å². The van der Waals surface area contributed by atoms with Gasteiger partial charge in [0.15, 0.2) is 0 Å². The fourth-order valence-corrected chi connectivity index (χ4v) is 6.84. The van der Waals surface area contributed by atoms with E-state index in [1.54, 1.807) is 30.3 Å². The maximum atomic E-state index is 12.4. The van der Waals surface area contributed by atoms with Gasteiger partial charge in [0.2, 0.25) is 0 Å². The van der Waals surface area contributed by atoms with Crippen molar-refractivity contribution in [1.82, 2.24) is 0 Å². The van der Waals surface area contributed by atoms with E-state index in [1.165, 1.54) is 42.5 Å². The fraction of sp³-hybridized carbons (Fsp3) is 0. The maximum Gasteiger partial charge on any atom is 3.00 e. The Morgan fingerprint density at radius 1 is 0.492 bits per heavy atom. The monoisotopic (exact) mass is 930 g/mol. The van der Waals surface area contributed by atoms with Gasteiger partial charge in [-0.05, 0) is 34.4 Å². The molecule has 0 amide bonds. The zero-order valence-electron chi connectivity index (χ0n) is 30.8. The van der Waals surface area contributed by atoms with Gasteiger partial charge in [0.05, 0.1) is 37.5 Å². The number of rotatable bonds is 7. The van der Waals surface area contributed by atoms with Gasteiger partial charge >= 0.3 is 150 Å². The molecule has 7 rings (SSSR count). The SMILES string of the molecule is O=S(=O)([O-])c1cc([O-])c(N=Nc2c([O-])ccc3ccccc23)c2ccccc12.O=[N+]([O-])c1ccc(N=Nc2cc(S(=O)(=O)[O-])c3ccccc3c2[O-])c([O-])c1.[Cr+3].[K+].[K+].[Na+]. The number of hydrogen-bond donors (Lipinski definition) is 0. The van der Waals surface area contributed by atoms with Crippen LogP contribution < -0.4 is 153 Å². The molecule has 1 radical (unpaired) electrons. The van der Waals surface area contributed by atoms with E-state index in [0.717, 1.165) is 35.7 Å². The third kappa shape index (κ3) is 12.2. The first-order valence-electron chi connectivity index (χ1n) is 15.4. The summed E-state index contributed by atoms with van der Waals surface area (Å²) in [5.74, 6) is -2.63.